The van der Waals surface area contributed by atoms with Crippen molar-refractivity contribution in [3.8, 4) is 16.9 Å². The van der Waals surface area contributed by atoms with Gasteiger partial charge in [-0.15, -0.1) is 0 Å². The molecule has 33 heavy (non-hydrogen) atoms. The van der Waals surface area contributed by atoms with Crippen LogP contribution in [0, 0.1) is 12.7 Å². The van der Waals surface area contributed by atoms with E-state index in [2.05, 4.69) is 30.9 Å². The van der Waals surface area contributed by atoms with Crippen LogP contribution >= 0.6 is 39.1 Å². The van der Waals surface area contributed by atoms with Crippen molar-refractivity contribution in [3.63, 3.8) is 0 Å². The average Bonchev–Trinajstić information content (AvgIpc) is 2.80. The highest BCUT2D eigenvalue weighted by Crippen LogP contribution is 2.45. The van der Waals surface area contributed by atoms with Gasteiger partial charge in [0.1, 0.15) is 5.75 Å². The van der Waals surface area contributed by atoms with Gasteiger partial charge in [0.05, 0.1) is 31.0 Å². The highest BCUT2D eigenvalue weighted by Gasteiger charge is 2.20. The maximum atomic E-state index is 14.2. The molecule has 1 saturated heterocycles. The normalized spacial score (nSPS) is 14.3. The zero-order chi connectivity index (χ0) is 23.5. The summed E-state index contributed by atoms with van der Waals surface area (Å²) < 4.78 is 20.2. The van der Waals surface area contributed by atoms with Crippen LogP contribution in [0.1, 0.15) is 17.0 Å². The lowest BCUT2D eigenvalue weighted by Gasteiger charge is -2.28. The highest BCUT2D eigenvalue weighted by atomic mass is 79.9. The van der Waals surface area contributed by atoms with Gasteiger partial charge in [0.25, 0.3) is 0 Å². The van der Waals surface area contributed by atoms with Crippen molar-refractivity contribution < 1.29 is 14.2 Å². The molecule has 2 aromatic carbocycles. The van der Waals surface area contributed by atoms with E-state index in [0.29, 0.717) is 52.7 Å². The smallest absolute Gasteiger partial charge is 0.183 e. The molecule has 1 aliphatic heterocycles. The van der Waals surface area contributed by atoms with Gasteiger partial charge in [-0.25, -0.2) is 14.4 Å². The third kappa shape index (κ3) is 5.14. The minimum atomic E-state index is -0.483. The van der Waals surface area contributed by atoms with E-state index in [1.807, 2.05) is 24.0 Å². The second-order valence-corrected chi connectivity index (χ2v) is 9.08. The molecule has 0 radical (unpaired) electrons. The van der Waals surface area contributed by atoms with Gasteiger partial charge in [0, 0.05) is 45.5 Å². The van der Waals surface area contributed by atoms with Crippen molar-refractivity contribution in [2.45, 2.75) is 13.5 Å². The fraction of sp³-hybridized carbons (Fsp3) is 0.261. The number of morpholine rings is 1. The Morgan fingerprint density at radius 2 is 2.03 bits per heavy atom. The molecule has 0 aliphatic carbocycles. The number of halogens is 4. The van der Waals surface area contributed by atoms with Crippen molar-refractivity contribution >= 4 is 51.2 Å². The van der Waals surface area contributed by atoms with E-state index >= 15 is 0 Å². The van der Waals surface area contributed by atoms with E-state index in [4.69, 9.17) is 27.9 Å². The summed E-state index contributed by atoms with van der Waals surface area (Å²) in [4.78, 5) is 14.5. The minimum absolute atomic E-state index is 0.109. The summed E-state index contributed by atoms with van der Waals surface area (Å²) in [5, 5.41) is 11.4. The first-order valence-electron chi connectivity index (χ1n) is 10.2. The first-order valence-corrected chi connectivity index (χ1v) is 11.7. The molecule has 1 aromatic heterocycles. The Balaban J connectivity index is 1.58. The average molecular weight is 554 g/mol. The molecule has 0 unspecified atom stereocenters. The molecule has 1 N–H and O–H groups in total. The third-order valence-electron chi connectivity index (χ3n) is 5.24. The molecule has 2 heterocycles. The monoisotopic (exact) mass is 552 g/mol. The topological polar surface area (TPSA) is 70.8 Å². The molecule has 1 fully saturated rings. The fourth-order valence-electron chi connectivity index (χ4n) is 3.60. The maximum absolute atomic E-state index is 14.2. The van der Waals surface area contributed by atoms with Gasteiger partial charge >= 0.3 is 0 Å². The van der Waals surface area contributed by atoms with Crippen LogP contribution in [0.5, 0.6) is 5.75 Å². The Hall–Kier alpha value is -2.26. The number of rotatable bonds is 5. The van der Waals surface area contributed by atoms with Gasteiger partial charge in [-0.2, -0.15) is 0 Å². The first kappa shape index (κ1) is 23.9. The number of phenolic OH excluding ortho intramolecular Hbond substituents is 1. The van der Waals surface area contributed by atoms with Gasteiger partial charge < -0.3 is 14.7 Å². The van der Waals surface area contributed by atoms with Gasteiger partial charge in [-0.05, 0) is 24.6 Å². The van der Waals surface area contributed by atoms with Gasteiger partial charge in [-0.3, -0.25) is 4.99 Å². The van der Waals surface area contributed by atoms with Crippen LogP contribution < -0.4 is 4.90 Å². The lowest BCUT2D eigenvalue weighted by atomic mass is 9.98. The van der Waals surface area contributed by atoms with E-state index < -0.39 is 5.82 Å². The van der Waals surface area contributed by atoms with Crippen LogP contribution in [0.25, 0.3) is 11.1 Å². The summed E-state index contributed by atoms with van der Waals surface area (Å²) in [7, 11) is 0. The quantitative estimate of drug-likeness (QED) is 0.403. The number of anilines is 1. The molecule has 6 nitrogen and oxygen atoms in total. The van der Waals surface area contributed by atoms with Crippen LogP contribution in [-0.2, 0) is 11.3 Å². The van der Waals surface area contributed by atoms with Gasteiger partial charge in [0.15, 0.2) is 17.5 Å². The number of benzene rings is 2. The standard InChI is InChI=1S/C23H20BrCl2FN4O2/c1-13-3-2-4-16(25)19(13)20-15(24)9-14(22(32)21(20)26)10-28-12-18-29-11-17(27)23(30-18)31-5-7-33-8-6-31/h2-4,9-11,32H,5-8,12H2,1H3/b28-10-. The number of phenols is 1. The number of hydrogen-bond acceptors (Lipinski definition) is 6. The zero-order valence-electron chi connectivity index (χ0n) is 17.7. The predicted molar refractivity (Wildman–Crippen MR) is 132 cm³/mol. The second kappa shape index (κ2) is 10.3. The van der Waals surface area contributed by atoms with Gasteiger partial charge in [-0.1, -0.05) is 51.3 Å². The maximum Gasteiger partial charge on any atom is 0.183 e. The van der Waals surface area contributed by atoms with Crippen LogP contribution in [0.3, 0.4) is 0 Å². The SMILES string of the molecule is Cc1cccc(Cl)c1-c1c(Br)cc(/C=N\Cc2ncc(F)c(N3CCOCC3)n2)c(O)c1Cl. The van der Waals surface area contributed by atoms with Crippen molar-refractivity contribution in [3.05, 3.63) is 67.7 Å². The number of hydrogen-bond donors (Lipinski definition) is 1. The van der Waals surface area contributed by atoms with E-state index in [1.54, 1.807) is 12.1 Å². The number of aliphatic imine (C=N–C) groups is 1. The molecule has 0 atom stereocenters. The van der Waals surface area contributed by atoms with Crippen molar-refractivity contribution in [1.82, 2.24) is 9.97 Å². The Kier molecular flexibility index (Phi) is 7.48. The molecule has 0 spiro atoms. The van der Waals surface area contributed by atoms with E-state index in [1.165, 1.54) is 6.21 Å². The molecule has 3 aromatic rings. The number of aromatic hydroxyl groups is 1. The van der Waals surface area contributed by atoms with Crippen LogP contribution in [0.2, 0.25) is 10.0 Å². The minimum Gasteiger partial charge on any atom is -0.506 e. The molecule has 10 heteroatoms. The lowest BCUT2D eigenvalue weighted by molar-refractivity contribution is 0.122. The number of ether oxygens (including phenoxy) is 1. The largest absolute Gasteiger partial charge is 0.506 e. The molecule has 0 amide bonds. The Labute approximate surface area is 209 Å². The molecular weight excluding hydrogens is 534 g/mol. The number of aryl methyl sites for hydroxylation is 1. The Morgan fingerprint density at radius 3 is 2.76 bits per heavy atom. The zero-order valence-corrected chi connectivity index (χ0v) is 20.8. The van der Waals surface area contributed by atoms with Crippen molar-refractivity contribution in [2.24, 2.45) is 4.99 Å². The lowest BCUT2D eigenvalue weighted by Crippen LogP contribution is -2.37. The Morgan fingerprint density at radius 1 is 1.27 bits per heavy atom. The summed E-state index contributed by atoms with van der Waals surface area (Å²) in [6.07, 6.45) is 2.63. The number of aromatic nitrogens is 2. The van der Waals surface area contributed by atoms with Gasteiger partial charge in [0.2, 0.25) is 0 Å². The molecule has 1 aliphatic rings. The molecule has 0 bridgehead atoms. The van der Waals surface area contributed by atoms with Crippen LogP contribution in [0.4, 0.5) is 10.2 Å². The van der Waals surface area contributed by atoms with Crippen molar-refractivity contribution in [1.29, 1.82) is 0 Å². The highest BCUT2D eigenvalue weighted by molar-refractivity contribution is 9.10. The van der Waals surface area contributed by atoms with E-state index in [9.17, 15) is 9.50 Å². The molecule has 172 valence electrons. The summed E-state index contributed by atoms with van der Waals surface area (Å²) in [5.74, 6) is 0.00381. The van der Waals surface area contributed by atoms with Crippen molar-refractivity contribution in [2.75, 3.05) is 31.2 Å². The predicted octanol–water partition coefficient (Wildman–Crippen LogP) is 5.82. The van der Waals surface area contributed by atoms with Crippen LogP contribution in [0.15, 0.2) is 39.9 Å². The molecular formula is C23H20BrCl2FN4O2. The number of nitrogens with zero attached hydrogens (tertiary/aromatic N) is 4. The summed E-state index contributed by atoms with van der Waals surface area (Å²) >= 11 is 16.5. The summed E-state index contributed by atoms with van der Waals surface area (Å²) in [6, 6.07) is 7.26. The summed E-state index contributed by atoms with van der Waals surface area (Å²) in [6.45, 7) is 4.20. The molecule has 0 saturated carbocycles. The fourth-order valence-corrected chi connectivity index (χ4v) is 4.97. The van der Waals surface area contributed by atoms with E-state index in [0.717, 1.165) is 17.3 Å². The van der Waals surface area contributed by atoms with E-state index in [-0.39, 0.29) is 23.1 Å². The summed E-state index contributed by atoms with van der Waals surface area (Å²) in [5.41, 5.74) is 2.68. The Bertz CT molecular complexity index is 1200. The first-order chi connectivity index (χ1) is 15.9. The van der Waals surface area contributed by atoms with Crippen LogP contribution in [-0.4, -0.2) is 47.6 Å². The third-order valence-corrected chi connectivity index (χ3v) is 6.55. The second-order valence-electron chi connectivity index (χ2n) is 7.44. The molecule has 4 rings (SSSR count).